The zero-order chi connectivity index (χ0) is 16.3. The first kappa shape index (κ1) is 16.0. The van der Waals surface area contributed by atoms with E-state index in [-0.39, 0.29) is 28.6 Å². The number of ketones is 1. The van der Waals surface area contributed by atoms with Crippen LogP contribution in [-0.4, -0.2) is 16.5 Å². The second-order valence-corrected chi connectivity index (χ2v) is 8.79. The summed E-state index contributed by atoms with van der Waals surface area (Å²) < 4.78 is 0. The molecule has 1 N–H and O–H groups in total. The average molecular weight is 302 g/mol. The second-order valence-electron chi connectivity index (χ2n) is 8.79. The first-order valence-corrected chi connectivity index (χ1v) is 8.75. The van der Waals surface area contributed by atoms with Gasteiger partial charge in [-0.2, -0.15) is 0 Å². The predicted molar refractivity (Wildman–Crippen MR) is 89.4 cm³/mol. The third-order valence-corrected chi connectivity index (χ3v) is 7.28. The van der Waals surface area contributed by atoms with Gasteiger partial charge in [0.05, 0.1) is 11.0 Å². The van der Waals surface area contributed by atoms with Gasteiger partial charge in [-0.05, 0) is 50.4 Å². The largest absolute Gasteiger partial charge is 0.389 e. The number of aliphatic hydroxyl groups is 1. The summed E-state index contributed by atoms with van der Waals surface area (Å²) in [6.45, 7) is 10.8. The van der Waals surface area contributed by atoms with E-state index in [9.17, 15) is 9.90 Å². The summed E-state index contributed by atoms with van der Waals surface area (Å²) in [7, 11) is 0. The minimum atomic E-state index is -0.685. The van der Waals surface area contributed by atoms with Crippen LogP contribution in [0.2, 0.25) is 0 Å². The fourth-order valence-electron chi connectivity index (χ4n) is 5.43. The zero-order valence-electron chi connectivity index (χ0n) is 14.6. The Balaban J connectivity index is 2.06. The van der Waals surface area contributed by atoms with E-state index in [0.29, 0.717) is 12.2 Å². The number of Topliss-reactive ketones (excluding diaryl/α,β-unsaturated/α-hetero) is 1. The lowest BCUT2D eigenvalue weighted by molar-refractivity contribution is -0.131. The van der Waals surface area contributed by atoms with Crippen LogP contribution in [0.4, 0.5) is 0 Å². The van der Waals surface area contributed by atoms with Crippen molar-refractivity contribution < 1.29 is 9.90 Å². The topological polar surface area (TPSA) is 37.3 Å². The molecule has 1 unspecified atom stereocenters. The standard InChI is InChI=1S/C20H30O2/c1-13(2)20(22)10-9-18(4)12-15-14(3)7-6-8-19(15,5)17(21)11-16(18)20/h6-8,13,15-16,22H,9-12H2,1-5H3/t15-,16?,18+,19+,20+/m1/s1. The van der Waals surface area contributed by atoms with E-state index < -0.39 is 5.60 Å². The molecule has 0 spiro atoms. The van der Waals surface area contributed by atoms with Gasteiger partial charge in [-0.15, -0.1) is 0 Å². The lowest BCUT2D eigenvalue weighted by Crippen LogP contribution is -2.44. The van der Waals surface area contributed by atoms with Crippen molar-refractivity contribution in [2.24, 2.45) is 28.6 Å². The minimum Gasteiger partial charge on any atom is -0.389 e. The maximum absolute atomic E-state index is 13.1. The number of hydrogen-bond donors (Lipinski definition) is 1. The summed E-state index contributed by atoms with van der Waals surface area (Å²) in [6.07, 6.45) is 9.71. The first-order valence-electron chi connectivity index (χ1n) is 8.75. The third kappa shape index (κ3) is 1.99. The van der Waals surface area contributed by atoms with Crippen molar-refractivity contribution in [2.45, 2.75) is 65.9 Å². The van der Waals surface area contributed by atoms with Crippen molar-refractivity contribution in [2.75, 3.05) is 0 Å². The molecule has 3 aliphatic rings. The highest BCUT2D eigenvalue weighted by Gasteiger charge is 2.60. The highest BCUT2D eigenvalue weighted by molar-refractivity contribution is 5.88. The van der Waals surface area contributed by atoms with Crippen LogP contribution in [0.3, 0.4) is 0 Å². The maximum Gasteiger partial charge on any atom is 0.143 e. The van der Waals surface area contributed by atoms with Crippen LogP contribution < -0.4 is 0 Å². The van der Waals surface area contributed by atoms with Crippen LogP contribution in [0, 0.1) is 28.6 Å². The number of fused-ring (bicyclic) bond motifs is 2. The van der Waals surface area contributed by atoms with E-state index in [1.807, 2.05) is 6.08 Å². The molecule has 3 aliphatic carbocycles. The Labute approximate surface area is 134 Å². The molecule has 0 aliphatic heterocycles. The molecule has 22 heavy (non-hydrogen) atoms. The van der Waals surface area contributed by atoms with Gasteiger partial charge in [0.25, 0.3) is 0 Å². The number of carbonyl (C=O) groups is 1. The highest BCUT2D eigenvalue weighted by Crippen LogP contribution is 2.61. The third-order valence-electron chi connectivity index (χ3n) is 7.28. The van der Waals surface area contributed by atoms with Crippen LogP contribution in [-0.2, 0) is 4.79 Å². The molecule has 122 valence electrons. The Kier molecular flexibility index (Phi) is 3.49. The highest BCUT2D eigenvalue weighted by atomic mass is 16.3. The number of hydrogen-bond acceptors (Lipinski definition) is 2. The molecule has 2 heteroatoms. The van der Waals surface area contributed by atoms with Crippen molar-refractivity contribution in [1.29, 1.82) is 0 Å². The molecule has 0 aromatic carbocycles. The van der Waals surface area contributed by atoms with E-state index in [0.717, 1.165) is 19.3 Å². The lowest BCUT2D eigenvalue weighted by Gasteiger charge is -2.41. The SMILES string of the molecule is CC1=CC=C[C@]2(C)C(=O)CC3[C@@](C)(CC[C@]3(O)C(C)C)C[C@H]12. The smallest absolute Gasteiger partial charge is 0.143 e. The second kappa shape index (κ2) is 4.80. The Morgan fingerprint density at radius 1 is 1.27 bits per heavy atom. The van der Waals surface area contributed by atoms with Crippen LogP contribution in [0.25, 0.3) is 0 Å². The first-order chi connectivity index (χ1) is 10.1. The van der Waals surface area contributed by atoms with E-state index >= 15 is 0 Å². The lowest BCUT2D eigenvalue weighted by atomic mass is 9.64. The van der Waals surface area contributed by atoms with Crippen molar-refractivity contribution in [3.05, 3.63) is 23.8 Å². The van der Waals surface area contributed by atoms with Gasteiger partial charge < -0.3 is 5.11 Å². The van der Waals surface area contributed by atoms with E-state index in [4.69, 9.17) is 0 Å². The van der Waals surface area contributed by atoms with Gasteiger partial charge in [0.15, 0.2) is 0 Å². The zero-order valence-corrected chi connectivity index (χ0v) is 14.6. The molecule has 0 radical (unpaired) electrons. The molecule has 2 nitrogen and oxygen atoms in total. The van der Waals surface area contributed by atoms with Gasteiger partial charge in [-0.1, -0.05) is 44.6 Å². The summed E-state index contributed by atoms with van der Waals surface area (Å²) >= 11 is 0. The monoisotopic (exact) mass is 302 g/mol. The van der Waals surface area contributed by atoms with E-state index in [1.54, 1.807) is 0 Å². The Morgan fingerprint density at radius 3 is 2.59 bits per heavy atom. The van der Waals surface area contributed by atoms with Gasteiger partial charge in [-0.25, -0.2) is 0 Å². The van der Waals surface area contributed by atoms with Crippen molar-refractivity contribution in [3.63, 3.8) is 0 Å². The van der Waals surface area contributed by atoms with E-state index in [1.165, 1.54) is 5.57 Å². The van der Waals surface area contributed by atoms with Crippen molar-refractivity contribution in [1.82, 2.24) is 0 Å². The summed E-state index contributed by atoms with van der Waals surface area (Å²) in [5.74, 6) is 0.897. The maximum atomic E-state index is 13.1. The Bertz CT molecular complexity index is 558. The molecule has 0 aromatic rings. The molecule has 2 fully saturated rings. The van der Waals surface area contributed by atoms with Crippen LogP contribution in [0.5, 0.6) is 0 Å². The number of carbonyl (C=O) groups excluding carboxylic acids is 1. The van der Waals surface area contributed by atoms with Crippen molar-refractivity contribution in [3.8, 4) is 0 Å². The fraction of sp³-hybridized carbons (Fsp3) is 0.750. The van der Waals surface area contributed by atoms with Gasteiger partial charge >= 0.3 is 0 Å². The fourth-order valence-corrected chi connectivity index (χ4v) is 5.43. The summed E-state index contributed by atoms with van der Waals surface area (Å²) in [4.78, 5) is 13.1. The van der Waals surface area contributed by atoms with Crippen molar-refractivity contribution >= 4 is 5.78 Å². The molecular weight excluding hydrogens is 272 g/mol. The molecule has 0 saturated heterocycles. The molecule has 3 rings (SSSR count). The van der Waals surface area contributed by atoms with Gasteiger partial charge in [0, 0.05) is 12.3 Å². The number of rotatable bonds is 1. The molecule has 0 aromatic heterocycles. The summed E-state index contributed by atoms with van der Waals surface area (Å²) in [5.41, 5.74) is 0.317. The quantitative estimate of drug-likeness (QED) is 0.784. The molecular formula is C20H30O2. The minimum absolute atomic E-state index is 0.0669. The molecule has 0 heterocycles. The van der Waals surface area contributed by atoms with E-state index in [2.05, 4.69) is 46.8 Å². The van der Waals surface area contributed by atoms with Gasteiger partial charge in [0.1, 0.15) is 5.78 Å². The molecule has 0 bridgehead atoms. The molecule has 0 amide bonds. The predicted octanol–water partition coefficient (Wildman–Crippen LogP) is 4.29. The molecule has 5 atom stereocenters. The Hall–Kier alpha value is -0.890. The summed E-state index contributed by atoms with van der Waals surface area (Å²) in [6, 6.07) is 0. The Morgan fingerprint density at radius 2 is 1.95 bits per heavy atom. The van der Waals surface area contributed by atoms with Gasteiger partial charge in [-0.3, -0.25) is 4.79 Å². The van der Waals surface area contributed by atoms with Gasteiger partial charge in [0.2, 0.25) is 0 Å². The van der Waals surface area contributed by atoms with Crippen LogP contribution >= 0.6 is 0 Å². The summed E-state index contributed by atoms with van der Waals surface area (Å²) in [5, 5.41) is 11.3. The number of allylic oxidation sites excluding steroid dienone is 4. The molecule has 2 saturated carbocycles. The van der Waals surface area contributed by atoms with Crippen LogP contribution in [0.15, 0.2) is 23.8 Å². The average Bonchev–Trinajstić information content (AvgIpc) is 2.64. The van der Waals surface area contributed by atoms with Crippen LogP contribution in [0.1, 0.15) is 60.3 Å². The normalized spacial score (nSPS) is 48.0.